The predicted octanol–water partition coefficient (Wildman–Crippen LogP) is 1.63. The van der Waals surface area contributed by atoms with Crippen molar-refractivity contribution in [1.29, 1.82) is 0 Å². The third-order valence-electron chi connectivity index (χ3n) is 3.31. The summed E-state index contributed by atoms with van der Waals surface area (Å²) in [5.74, 6) is 0.424. The first kappa shape index (κ1) is 13.3. The molecule has 2 rings (SSSR count). The van der Waals surface area contributed by atoms with E-state index < -0.39 is 0 Å². The zero-order chi connectivity index (χ0) is 12.8. The van der Waals surface area contributed by atoms with Gasteiger partial charge in [-0.15, -0.1) is 0 Å². The number of hydrogen-bond donors (Lipinski definition) is 2. The Bertz CT molecular complexity index is 381. The Hall–Kier alpha value is -1.10. The second-order valence-corrected chi connectivity index (χ2v) is 4.50. The van der Waals surface area contributed by atoms with Crippen LogP contribution in [0.4, 0.5) is 0 Å². The standard InChI is InChI=1S/C14H21NO3/c1-17-9-10-18-8-7-15-13-6-5-12-11(13)3-2-4-14(12)16/h2-4,13,15-16H,5-10H2,1H3. The second kappa shape index (κ2) is 6.73. The van der Waals surface area contributed by atoms with E-state index in [-0.39, 0.29) is 0 Å². The molecule has 0 saturated carbocycles. The van der Waals surface area contributed by atoms with Gasteiger partial charge in [0.05, 0.1) is 19.8 Å². The number of nitrogens with one attached hydrogen (secondary N) is 1. The minimum atomic E-state index is 0.345. The van der Waals surface area contributed by atoms with Crippen LogP contribution in [0.15, 0.2) is 18.2 Å². The van der Waals surface area contributed by atoms with Crippen LogP contribution < -0.4 is 5.32 Å². The van der Waals surface area contributed by atoms with Crippen molar-refractivity contribution in [3.8, 4) is 5.75 Å². The van der Waals surface area contributed by atoms with E-state index >= 15 is 0 Å². The molecule has 0 radical (unpaired) electrons. The number of aromatic hydroxyl groups is 1. The highest BCUT2D eigenvalue weighted by Gasteiger charge is 2.23. The first-order valence-electron chi connectivity index (χ1n) is 6.43. The highest BCUT2D eigenvalue weighted by atomic mass is 16.5. The summed E-state index contributed by atoms with van der Waals surface area (Å²) in [4.78, 5) is 0. The van der Waals surface area contributed by atoms with Crippen LogP contribution in [0.2, 0.25) is 0 Å². The van der Waals surface area contributed by atoms with Gasteiger partial charge in [-0.3, -0.25) is 0 Å². The predicted molar refractivity (Wildman–Crippen MR) is 69.9 cm³/mol. The van der Waals surface area contributed by atoms with E-state index in [4.69, 9.17) is 9.47 Å². The fourth-order valence-corrected chi connectivity index (χ4v) is 2.40. The Morgan fingerprint density at radius 3 is 3.06 bits per heavy atom. The number of benzene rings is 1. The van der Waals surface area contributed by atoms with E-state index in [2.05, 4.69) is 11.4 Å². The van der Waals surface area contributed by atoms with Gasteiger partial charge in [-0.05, 0) is 30.0 Å². The van der Waals surface area contributed by atoms with Crippen molar-refractivity contribution in [2.75, 3.05) is 33.5 Å². The maximum absolute atomic E-state index is 9.75. The van der Waals surface area contributed by atoms with Gasteiger partial charge < -0.3 is 19.9 Å². The molecule has 1 unspecified atom stereocenters. The largest absolute Gasteiger partial charge is 0.508 e. The molecular formula is C14H21NO3. The van der Waals surface area contributed by atoms with Gasteiger partial charge in [0.15, 0.2) is 0 Å². The van der Waals surface area contributed by atoms with Crippen LogP contribution in [-0.4, -0.2) is 38.6 Å². The molecule has 1 aliphatic carbocycles. The van der Waals surface area contributed by atoms with Gasteiger partial charge in [-0.25, -0.2) is 0 Å². The highest BCUT2D eigenvalue weighted by molar-refractivity contribution is 5.44. The van der Waals surface area contributed by atoms with Gasteiger partial charge in [0.1, 0.15) is 5.75 Å². The van der Waals surface area contributed by atoms with Crippen molar-refractivity contribution >= 4 is 0 Å². The van der Waals surface area contributed by atoms with Gasteiger partial charge in [0.2, 0.25) is 0 Å². The fraction of sp³-hybridized carbons (Fsp3) is 0.571. The number of phenols is 1. The molecule has 1 aliphatic rings. The lowest BCUT2D eigenvalue weighted by atomic mass is 10.1. The molecule has 1 aromatic rings. The zero-order valence-corrected chi connectivity index (χ0v) is 10.8. The maximum atomic E-state index is 9.75. The van der Waals surface area contributed by atoms with Crippen molar-refractivity contribution in [3.63, 3.8) is 0 Å². The molecule has 18 heavy (non-hydrogen) atoms. The van der Waals surface area contributed by atoms with E-state index in [1.54, 1.807) is 13.2 Å². The average molecular weight is 251 g/mol. The lowest BCUT2D eigenvalue weighted by molar-refractivity contribution is 0.0710. The molecule has 0 spiro atoms. The summed E-state index contributed by atoms with van der Waals surface area (Å²) >= 11 is 0. The van der Waals surface area contributed by atoms with E-state index in [0.29, 0.717) is 31.6 Å². The van der Waals surface area contributed by atoms with E-state index in [1.165, 1.54) is 5.56 Å². The van der Waals surface area contributed by atoms with Crippen molar-refractivity contribution in [2.45, 2.75) is 18.9 Å². The zero-order valence-electron chi connectivity index (χ0n) is 10.8. The summed E-state index contributed by atoms with van der Waals surface area (Å²) in [6.07, 6.45) is 2.00. The number of fused-ring (bicyclic) bond motifs is 1. The molecule has 0 saturated heterocycles. The molecule has 1 atom stereocenters. The summed E-state index contributed by atoms with van der Waals surface area (Å²) in [6, 6.07) is 6.10. The fourth-order valence-electron chi connectivity index (χ4n) is 2.40. The van der Waals surface area contributed by atoms with Gasteiger partial charge in [-0.2, -0.15) is 0 Å². The van der Waals surface area contributed by atoms with Crippen LogP contribution in [0, 0.1) is 0 Å². The van der Waals surface area contributed by atoms with Crippen LogP contribution in [-0.2, 0) is 15.9 Å². The maximum Gasteiger partial charge on any atom is 0.119 e. The summed E-state index contributed by atoms with van der Waals surface area (Å²) in [5, 5.41) is 13.2. The van der Waals surface area contributed by atoms with E-state index in [0.717, 1.165) is 24.9 Å². The Kier molecular flexibility index (Phi) is 4.99. The molecule has 4 heteroatoms. The highest BCUT2D eigenvalue weighted by Crippen LogP contribution is 2.35. The second-order valence-electron chi connectivity index (χ2n) is 4.50. The van der Waals surface area contributed by atoms with Crippen LogP contribution in [0.3, 0.4) is 0 Å². The Morgan fingerprint density at radius 1 is 1.33 bits per heavy atom. The lowest BCUT2D eigenvalue weighted by Crippen LogP contribution is -2.24. The van der Waals surface area contributed by atoms with Crippen molar-refractivity contribution in [1.82, 2.24) is 5.32 Å². The summed E-state index contributed by atoms with van der Waals surface area (Å²) in [7, 11) is 1.67. The van der Waals surface area contributed by atoms with Crippen molar-refractivity contribution in [3.05, 3.63) is 29.3 Å². The molecule has 1 aromatic carbocycles. The van der Waals surface area contributed by atoms with Gasteiger partial charge in [0.25, 0.3) is 0 Å². The van der Waals surface area contributed by atoms with Gasteiger partial charge in [0, 0.05) is 19.7 Å². The van der Waals surface area contributed by atoms with Gasteiger partial charge in [-0.1, -0.05) is 12.1 Å². The molecule has 2 N–H and O–H groups in total. The SMILES string of the molecule is COCCOCCNC1CCc2c(O)cccc21. The molecule has 0 aliphatic heterocycles. The molecule has 0 heterocycles. The quantitative estimate of drug-likeness (QED) is 0.723. The monoisotopic (exact) mass is 251 g/mol. The van der Waals surface area contributed by atoms with Crippen LogP contribution in [0.1, 0.15) is 23.6 Å². The Balaban J connectivity index is 1.75. The third kappa shape index (κ3) is 3.22. The summed E-state index contributed by atoms with van der Waals surface area (Å²) in [6.45, 7) is 2.79. The smallest absolute Gasteiger partial charge is 0.119 e. The molecular weight excluding hydrogens is 230 g/mol. The number of methoxy groups -OCH3 is 1. The van der Waals surface area contributed by atoms with E-state index in [9.17, 15) is 5.11 Å². The molecule has 0 aromatic heterocycles. The minimum Gasteiger partial charge on any atom is -0.508 e. The first-order valence-corrected chi connectivity index (χ1v) is 6.43. The lowest BCUT2D eigenvalue weighted by Gasteiger charge is -2.14. The first-order chi connectivity index (χ1) is 8.83. The third-order valence-corrected chi connectivity index (χ3v) is 3.31. The van der Waals surface area contributed by atoms with Crippen LogP contribution >= 0.6 is 0 Å². The Morgan fingerprint density at radius 2 is 2.22 bits per heavy atom. The van der Waals surface area contributed by atoms with E-state index in [1.807, 2.05) is 6.07 Å². The topological polar surface area (TPSA) is 50.7 Å². The molecule has 0 amide bonds. The van der Waals surface area contributed by atoms with Gasteiger partial charge >= 0.3 is 0 Å². The number of hydrogen-bond acceptors (Lipinski definition) is 4. The number of rotatable bonds is 7. The summed E-state index contributed by atoms with van der Waals surface area (Å²) < 4.78 is 10.3. The van der Waals surface area contributed by atoms with Crippen LogP contribution in [0.5, 0.6) is 5.75 Å². The van der Waals surface area contributed by atoms with Crippen molar-refractivity contribution in [2.24, 2.45) is 0 Å². The summed E-state index contributed by atoms with van der Waals surface area (Å²) in [5.41, 5.74) is 2.32. The average Bonchev–Trinajstić information content (AvgIpc) is 2.79. The molecule has 0 fully saturated rings. The number of phenolic OH excluding ortho intramolecular Hbond substituents is 1. The molecule has 100 valence electrons. The molecule has 0 bridgehead atoms. The molecule has 4 nitrogen and oxygen atoms in total. The Labute approximate surface area is 108 Å². The normalized spacial score (nSPS) is 17.9. The van der Waals surface area contributed by atoms with Crippen molar-refractivity contribution < 1.29 is 14.6 Å². The van der Waals surface area contributed by atoms with Crippen LogP contribution in [0.25, 0.3) is 0 Å². The number of ether oxygens (including phenoxy) is 2. The minimum absolute atomic E-state index is 0.345.